The van der Waals surface area contributed by atoms with Gasteiger partial charge in [0.05, 0.1) is 6.61 Å². The molecule has 5 heteroatoms. The molecule has 0 aliphatic rings. The van der Waals surface area contributed by atoms with Crippen LogP contribution in [0.2, 0.25) is 0 Å². The molecule has 0 aliphatic carbocycles. The lowest BCUT2D eigenvalue weighted by molar-refractivity contribution is -0.159. The van der Waals surface area contributed by atoms with Crippen molar-refractivity contribution in [1.29, 1.82) is 0 Å². The molecule has 1 rings (SSSR count). The first-order valence-corrected chi connectivity index (χ1v) is 5.00. The Morgan fingerprint density at radius 1 is 1.50 bits per heavy atom. The van der Waals surface area contributed by atoms with Gasteiger partial charge in [-0.05, 0) is 19.4 Å². The molecule has 2 unspecified atom stereocenters. The van der Waals surface area contributed by atoms with Gasteiger partial charge in [0.1, 0.15) is 6.10 Å². The summed E-state index contributed by atoms with van der Waals surface area (Å²) in [4.78, 5) is 15.1. The summed E-state index contributed by atoms with van der Waals surface area (Å²) >= 11 is 0. The Morgan fingerprint density at radius 3 is 2.75 bits per heavy atom. The van der Waals surface area contributed by atoms with Crippen LogP contribution < -0.4 is 0 Å². The van der Waals surface area contributed by atoms with Crippen molar-refractivity contribution in [2.45, 2.75) is 26.1 Å². The molecule has 0 saturated heterocycles. The largest absolute Gasteiger partial charge is 0.464 e. The van der Waals surface area contributed by atoms with Crippen molar-refractivity contribution in [3.63, 3.8) is 0 Å². The van der Waals surface area contributed by atoms with E-state index in [1.54, 1.807) is 26.1 Å². The number of pyridine rings is 1. The van der Waals surface area contributed by atoms with Crippen molar-refractivity contribution in [3.05, 3.63) is 29.6 Å². The Bertz CT molecular complexity index is 367. The first-order chi connectivity index (χ1) is 7.56. The Morgan fingerprint density at radius 2 is 2.19 bits per heavy atom. The third-order valence-electron chi connectivity index (χ3n) is 2.06. The second-order valence-electron chi connectivity index (χ2n) is 3.44. The lowest BCUT2D eigenvalue weighted by Crippen LogP contribution is -2.30. The van der Waals surface area contributed by atoms with E-state index in [1.165, 1.54) is 6.20 Å². The number of hydrogen-bond acceptors (Lipinski definition) is 5. The summed E-state index contributed by atoms with van der Waals surface area (Å²) in [6.07, 6.45) is 0.127. The number of aliphatic hydroxyl groups is 2. The summed E-state index contributed by atoms with van der Waals surface area (Å²) in [5.41, 5.74) is 1.23. The number of aryl methyl sites for hydroxylation is 1. The minimum Gasteiger partial charge on any atom is -0.464 e. The van der Waals surface area contributed by atoms with Crippen molar-refractivity contribution < 1.29 is 19.7 Å². The summed E-state index contributed by atoms with van der Waals surface area (Å²) in [6, 6.07) is 1.65. The summed E-state index contributed by atoms with van der Waals surface area (Å²) in [6.45, 7) is 3.60. The number of aliphatic hydroxyl groups excluding tert-OH is 2. The number of carbonyl (C=O) groups is 1. The maximum absolute atomic E-state index is 11.2. The van der Waals surface area contributed by atoms with E-state index < -0.39 is 18.2 Å². The molecule has 0 amide bonds. The van der Waals surface area contributed by atoms with Crippen molar-refractivity contribution >= 4 is 5.97 Å². The van der Waals surface area contributed by atoms with Crippen molar-refractivity contribution in [2.24, 2.45) is 0 Å². The number of aromatic nitrogens is 1. The summed E-state index contributed by atoms with van der Waals surface area (Å²) in [5, 5.41) is 19.2. The number of carbonyl (C=O) groups excluding carboxylic acids is 1. The van der Waals surface area contributed by atoms with Gasteiger partial charge in [0, 0.05) is 18.0 Å². The van der Waals surface area contributed by atoms with Gasteiger partial charge < -0.3 is 14.9 Å². The van der Waals surface area contributed by atoms with Gasteiger partial charge in [0.2, 0.25) is 0 Å². The SMILES string of the molecule is CCOC(=O)C(O)C(O)c1cncc(C)c1. The zero-order valence-corrected chi connectivity index (χ0v) is 9.25. The lowest BCUT2D eigenvalue weighted by Gasteiger charge is -2.16. The third-order valence-corrected chi connectivity index (χ3v) is 2.06. The van der Waals surface area contributed by atoms with Gasteiger partial charge in [-0.1, -0.05) is 6.07 Å². The molecule has 1 heterocycles. The summed E-state index contributed by atoms with van der Waals surface area (Å²) in [7, 11) is 0. The molecule has 0 radical (unpaired) electrons. The van der Waals surface area contributed by atoms with Gasteiger partial charge in [-0.15, -0.1) is 0 Å². The fraction of sp³-hybridized carbons (Fsp3) is 0.455. The molecular weight excluding hydrogens is 210 g/mol. The number of nitrogens with zero attached hydrogens (tertiary/aromatic N) is 1. The normalized spacial score (nSPS) is 14.2. The molecule has 0 fully saturated rings. The Hall–Kier alpha value is -1.46. The molecule has 88 valence electrons. The van der Waals surface area contributed by atoms with Crippen LogP contribution in [-0.2, 0) is 9.53 Å². The maximum atomic E-state index is 11.2. The van der Waals surface area contributed by atoms with Crippen LogP contribution in [0, 0.1) is 6.92 Å². The average Bonchev–Trinajstić information content (AvgIpc) is 2.27. The summed E-state index contributed by atoms with van der Waals surface area (Å²) in [5.74, 6) is -0.837. The van der Waals surface area contributed by atoms with Crippen LogP contribution in [0.5, 0.6) is 0 Å². The van der Waals surface area contributed by atoms with Crippen molar-refractivity contribution in [2.75, 3.05) is 6.61 Å². The maximum Gasteiger partial charge on any atom is 0.338 e. The summed E-state index contributed by atoms with van der Waals surface area (Å²) < 4.78 is 4.61. The van der Waals surface area contributed by atoms with Gasteiger partial charge >= 0.3 is 5.97 Å². The molecule has 0 saturated carbocycles. The Labute approximate surface area is 93.7 Å². The van der Waals surface area contributed by atoms with Gasteiger partial charge in [0.25, 0.3) is 0 Å². The molecule has 0 aromatic carbocycles. The number of ether oxygens (including phenoxy) is 1. The highest BCUT2D eigenvalue weighted by molar-refractivity contribution is 5.75. The van der Waals surface area contributed by atoms with E-state index in [0.717, 1.165) is 5.56 Å². The second kappa shape index (κ2) is 5.58. The third kappa shape index (κ3) is 3.01. The predicted molar refractivity (Wildman–Crippen MR) is 56.6 cm³/mol. The molecule has 0 spiro atoms. The van der Waals surface area contributed by atoms with Crippen LogP contribution in [0.25, 0.3) is 0 Å². The van der Waals surface area contributed by atoms with Crippen molar-refractivity contribution in [3.8, 4) is 0 Å². The van der Waals surface area contributed by atoms with E-state index in [0.29, 0.717) is 5.56 Å². The van der Waals surface area contributed by atoms with E-state index in [9.17, 15) is 15.0 Å². The van der Waals surface area contributed by atoms with E-state index in [-0.39, 0.29) is 6.61 Å². The van der Waals surface area contributed by atoms with E-state index >= 15 is 0 Å². The van der Waals surface area contributed by atoms with Gasteiger partial charge in [-0.25, -0.2) is 4.79 Å². The Kier molecular flexibility index (Phi) is 4.39. The fourth-order valence-electron chi connectivity index (χ4n) is 1.28. The van der Waals surface area contributed by atoms with Crippen LogP contribution in [0.15, 0.2) is 18.5 Å². The molecule has 1 aromatic rings. The molecule has 0 aliphatic heterocycles. The first kappa shape index (κ1) is 12.6. The van der Waals surface area contributed by atoms with Crippen LogP contribution >= 0.6 is 0 Å². The standard InChI is InChI=1S/C11H15NO4/c1-3-16-11(15)10(14)9(13)8-4-7(2)5-12-6-8/h4-6,9-10,13-14H,3H2,1-2H3. The number of rotatable bonds is 4. The molecule has 2 N–H and O–H groups in total. The molecule has 1 aromatic heterocycles. The smallest absolute Gasteiger partial charge is 0.338 e. The van der Waals surface area contributed by atoms with Crippen LogP contribution in [0.3, 0.4) is 0 Å². The first-order valence-electron chi connectivity index (χ1n) is 5.00. The minimum atomic E-state index is -1.58. The Balaban J connectivity index is 2.77. The molecule has 5 nitrogen and oxygen atoms in total. The molecule has 16 heavy (non-hydrogen) atoms. The zero-order chi connectivity index (χ0) is 12.1. The van der Waals surface area contributed by atoms with Gasteiger partial charge in [0.15, 0.2) is 6.10 Å². The number of esters is 1. The van der Waals surface area contributed by atoms with Gasteiger partial charge in [-0.2, -0.15) is 0 Å². The topological polar surface area (TPSA) is 79.7 Å². The predicted octanol–water partition coefficient (Wildman–Crippen LogP) is 0.347. The highest BCUT2D eigenvalue weighted by Gasteiger charge is 2.27. The van der Waals surface area contributed by atoms with E-state index in [4.69, 9.17) is 0 Å². The second-order valence-corrected chi connectivity index (χ2v) is 3.44. The monoisotopic (exact) mass is 225 g/mol. The highest BCUT2D eigenvalue weighted by atomic mass is 16.5. The molecular formula is C11H15NO4. The van der Waals surface area contributed by atoms with Crippen LogP contribution in [0.1, 0.15) is 24.2 Å². The molecule has 0 bridgehead atoms. The van der Waals surface area contributed by atoms with Crippen LogP contribution in [0.4, 0.5) is 0 Å². The van der Waals surface area contributed by atoms with E-state index in [2.05, 4.69) is 9.72 Å². The fourth-order valence-corrected chi connectivity index (χ4v) is 1.28. The highest BCUT2D eigenvalue weighted by Crippen LogP contribution is 2.17. The van der Waals surface area contributed by atoms with Crippen LogP contribution in [-0.4, -0.2) is 33.9 Å². The van der Waals surface area contributed by atoms with Gasteiger partial charge in [-0.3, -0.25) is 4.98 Å². The molecule has 2 atom stereocenters. The zero-order valence-electron chi connectivity index (χ0n) is 9.25. The van der Waals surface area contributed by atoms with E-state index in [1.807, 2.05) is 0 Å². The minimum absolute atomic E-state index is 0.161. The lowest BCUT2D eigenvalue weighted by atomic mass is 10.1. The average molecular weight is 225 g/mol. The number of hydrogen-bond donors (Lipinski definition) is 2. The quantitative estimate of drug-likeness (QED) is 0.723. The van der Waals surface area contributed by atoms with Crippen molar-refractivity contribution in [1.82, 2.24) is 4.98 Å².